The summed E-state index contributed by atoms with van der Waals surface area (Å²) in [6.07, 6.45) is 1.95. The minimum Gasteiger partial charge on any atom is -0.462 e. The molecule has 1 heterocycles. The van der Waals surface area contributed by atoms with Crippen LogP contribution in [0, 0.1) is 18.3 Å². The lowest BCUT2D eigenvalue weighted by Crippen LogP contribution is -2.26. The number of nitriles is 1. The Morgan fingerprint density at radius 2 is 2.17 bits per heavy atom. The van der Waals surface area contributed by atoms with Crippen molar-refractivity contribution in [3.63, 3.8) is 0 Å². The second-order valence-electron chi connectivity index (χ2n) is 4.80. The lowest BCUT2D eigenvalue weighted by Gasteiger charge is -2.09. The van der Waals surface area contributed by atoms with Gasteiger partial charge in [0, 0.05) is 6.54 Å². The highest BCUT2D eigenvalue weighted by molar-refractivity contribution is 8.00. The van der Waals surface area contributed by atoms with Crippen LogP contribution in [0.25, 0.3) is 0 Å². The molecule has 0 saturated carbocycles. The average molecular weight is 335 g/mol. The molecule has 6 nitrogen and oxygen atoms in total. The molecule has 0 aromatic carbocycles. The summed E-state index contributed by atoms with van der Waals surface area (Å²) in [6, 6.07) is 3.48. The molecule has 1 rings (SSSR count). The van der Waals surface area contributed by atoms with Crippen molar-refractivity contribution >= 4 is 23.6 Å². The number of aryl methyl sites for hydroxylation is 1. The molecule has 23 heavy (non-hydrogen) atoms. The van der Waals surface area contributed by atoms with Crippen LogP contribution in [-0.4, -0.2) is 35.8 Å². The molecule has 0 aliphatic heterocycles. The summed E-state index contributed by atoms with van der Waals surface area (Å²) in [6.45, 7) is 6.35. The van der Waals surface area contributed by atoms with Gasteiger partial charge in [-0.2, -0.15) is 5.26 Å². The second kappa shape index (κ2) is 9.85. The summed E-state index contributed by atoms with van der Waals surface area (Å²) in [5.41, 5.74) is 1.03. The maximum absolute atomic E-state index is 11.8. The molecule has 124 valence electrons. The normalized spacial score (nSPS) is 10.0. The summed E-state index contributed by atoms with van der Waals surface area (Å²) >= 11 is 1.19. The number of esters is 1. The van der Waals surface area contributed by atoms with Gasteiger partial charge < -0.3 is 10.1 Å². The van der Waals surface area contributed by atoms with Gasteiger partial charge in [0.15, 0.2) is 0 Å². The van der Waals surface area contributed by atoms with E-state index in [1.54, 1.807) is 13.8 Å². The first-order valence-corrected chi connectivity index (χ1v) is 8.50. The van der Waals surface area contributed by atoms with Crippen molar-refractivity contribution in [2.24, 2.45) is 0 Å². The summed E-state index contributed by atoms with van der Waals surface area (Å²) in [4.78, 5) is 27.8. The van der Waals surface area contributed by atoms with E-state index in [1.807, 2.05) is 6.07 Å². The molecule has 1 aromatic heterocycles. The smallest absolute Gasteiger partial charge is 0.340 e. The standard InChI is InChI=1S/C16H21N3O3S/c1-4-6-7-18-14(20)10-23-15-12(9-17)8-13(11(3)19-15)16(21)22-5-2/h8H,4-7,10H2,1-3H3,(H,18,20). The highest BCUT2D eigenvalue weighted by Crippen LogP contribution is 2.23. The van der Waals surface area contributed by atoms with Crippen LogP contribution in [0.1, 0.15) is 48.3 Å². The predicted molar refractivity (Wildman–Crippen MR) is 88.3 cm³/mol. The van der Waals surface area contributed by atoms with Crippen LogP contribution in [0.5, 0.6) is 0 Å². The van der Waals surface area contributed by atoms with Gasteiger partial charge in [0.1, 0.15) is 11.1 Å². The van der Waals surface area contributed by atoms with Crippen LogP contribution in [0.4, 0.5) is 0 Å². The van der Waals surface area contributed by atoms with Crippen molar-refractivity contribution in [3.05, 3.63) is 22.9 Å². The zero-order chi connectivity index (χ0) is 17.2. The van der Waals surface area contributed by atoms with E-state index in [-0.39, 0.29) is 29.4 Å². The van der Waals surface area contributed by atoms with Gasteiger partial charge in [-0.3, -0.25) is 4.79 Å². The monoisotopic (exact) mass is 335 g/mol. The number of rotatable bonds is 8. The molecule has 0 saturated heterocycles. The third-order valence-electron chi connectivity index (χ3n) is 2.99. The fraction of sp³-hybridized carbons (Fsp3) is 0.500. The number of amides is 1. The summed E-state index contributed by atoms with van der Waals surface area (Å²) in [5.74, 6) is -0.409. The number of ether oxygens (including phenoxy) is 1. The Hall–Kier alpha value is -2.07. The highest BCUT2D eigenvalue weighted by atomic mass is 32.2. The number of unbranched alkanes of at least 4 members (excludes halogenated alkanes) is 1. The van der Waals surface area contributed by atoms with E-state index in [0.717, 1.165) is 12.8 Å². The fourth-order valence-corrected chi connectivity index (χ4v) is 2.61. The number of thioether (sulfide) groups is 1. The maximum atomic E-state index is 11.8. The summed E-state index contributed by atoms with van der Waals surface area (Å²) in [7, 11) is 0. The van der Waals surface area contributed by atoms with E-state index in [1.165, 1.54) is 17.8 Å². The quantitative estimate of drug-likeness (QED) is 0.446. The zero-order valence-electron chi connectivity index (χ0n) is 13.6. The molecule has 1 amide bonds. The van der Waals surface area contributed by atoms with E-state index >= 15 is 0 Å². The molecule has 0 aliphatic rings. The van der Waals surface area contributed by atoms with Crippen molar-refractivity contribution in [1.82, 2.24) is 10.3 Å². The number of nitrogens with one attached hydrogen (secondary N) is 1. The number of aromatic nitrogens is 1. The Balaban J connectivity index is 2.80. The molecule has 1 aromatic rings. The van der Waals surface area contributed by atoms with Gasteiger partial charge in [-0.1, -0.05) is 25.1 Å². The van der Waals surface area contributed by atoms with Crippen LogP contribution < -0.4 is 5.32 Å². The minimum atomic E-state index is -0.497. The van der Waals surface area contributed by atoms with Gasteiger partial charge in [-0.05, 0) is 26.3 Å². The van der Waals surface area contributed by atoms with Crippen molar-refractivity contribution in [2.75, 3.05) is 18.9 Å². The highest BCUT2D eigenvalue weighted by Gasteiger charge is 2.16. The van der Waals surface area contributed by atoms with Crippen molar-refractivity contribution in [2.45, 2.75) is 38.6 Å². The van der Waals surface area contributed by atoms with Crippen LogP contribution in [0.2, 0.25) is 0 Å². The third-order valence-corrected chi connectivity index (χ3v) is 3.98. The summed E-state index contributed by atoms with van der Waals surface area (Å²) < 4.78 is 4.94. The fourth-order valence-electron chi connectivity index (χ4n) is 1.78. The molecule has 0 radical (unpaired) electrons. The Bertz CT molecular complexity index is 611. The number of nitrogens with zero attached hydrogens (tertiary/aromatic N) is 2. The molecule has 7 heteroatoms. The van der Waals surface area contributed by atoms with Gasteiger partial charge in [0.25, 0.3) is 0 Å². The SMILES string of the molecule is CCCCNC(=O)CSc1nc(C)c(C(=O)OCC)cc1C#N. The zero-order valence-corrected chi connectivity index (χ0v) is 14.5. The minimum absolute atomic E-state index is 0.0961. The van der Waals surface area contributed by atoms with Gasteiger partial charge in [-0.25, -0.2) is 9.78 Å². The largest absolute Gasteiger partial charge is 0.462 e. The molecule has 0 fully saturated rings. The molecule has 0 spiro atoms. The number of hydrogen-bond donors (Lipinski definition) is 1. The van der Waals surface area contributed by atoms with Gasteiger partial charge in [-0.15, -0.1) is 0 Å². The molecule has 0 bridgehead atoms. The first-order chi connectivity index (χ1) is 11.0. The van der Waals surface area contributed by atoms with E-state index in [0.29, 0.717) is 17.3 Å². The molecular formula is C16H21N3O3S. The predicted octanol–water partition coefficient (Wildman–Crippen LogP) is 2.45. The van der Waals surface area contributed by atoms with Crippen LogP contribution in [-0.2, 0) is 9.53 Å². The topological polar surface area (TPSA) is 92.1 Å². The van der Waals surface area contributed by atoms with Gasteiger partial charge in [0.05, 0.1) is 29.2 Å². The Kier molecular flexibility index (Phi) is 8.13. The van der Waals surface area contributed by atoms with Crippen LogP contribution in [0.15, 0.2) is 11.1 Å². The van der Waals surface area contributed by atoms with E-state index < -0.39 is 5.97 Å². The second-order valence-corrected chi connectivity index (χ2v) is 5.76. The van der Waals surface area contributed by atoms with E-state index in [4.69, 9.17) is 4.74 Å². The molecule has 0 aliphatic carbocycles. The van der Waals surface area contributed by atoms with Crippen LogP contribution >= 0.6 is 11.8 Å². The summed E-state index contributed by atoms with van der Waals surface area (Å²) in [5, 5.41) is 12.5. The lowest BCUT2D eigenvalue weighted by atomic mass is 10.1. The van der Waals surface area contributed by atoms with E-state index in [9.17, 15) is 14.9 Å². The van der Waals surface area contributed by atoms with Gasteiger partial charge in [0.2, 0.25) is 5.91 Å². The van der Waals surface area contributed by atoms with Crippen molar-refractivity contribution in [1.29, 1.82) is 5.26 Å². The van der Waals surface area contributed by atoms with Crippen molar-refractivity contribution in [3.8, 4) is 6.07 Å². The number of pyridine rings is 1. The van der Waals surface area contributed by atoms with Crippen molar-refractivity contribution < 1.29 is 14.3 Å². The molecular weight excluding hydrogens is 314 g/mol. The Labute approximate surface area is 140 Å². The lowest BCUT2D eigenvalue weighted by molar-refractivity contribution is -0.118. The molecule has 1 N–H and O–H groups in total. The average Bonchev–Trinajstić information content (AvgIpc) is 2.53. The van der Waals surface area contributed by atoms with E-state index in [2.05, 4.69) is 17.2 Å². The molecule has 0 atom stereocenters. The first-order valence-electron chi connectivity index (χ1n) is 7.51. The Morgan fingerprint density at radius 3 is 2.78 bits per heavy atom. The number of hydrogen-bond acceptors (Lipinski definition) is 6. The number of carbonyl (C=O) groups excluding carboxylic acids is 2. The molecule has 0 unspecified atom stereocenters. The number of carbonyl (C=O) groups is 2. The first kappa shape index (κ1) is 19.0. The Morgan fingerprint density at radius 1 is 1.43 bits per heavy atom. The maximum Gasteiger partial charge on any atom is 0.340 e. The van der Waals surface area contributed by atoms with Gasteiger partial charge >= 0.3 is 5.97 Å². The van der Waals surface area contributed by atoms with Crippen LogP contribution in [0.3, 0.4) is 0 Å². The third kappa shape index (κ3) is 5.91.